The lowest BCUT2D eigenvalue weighted by atomic mass is 10.2. The molecule has 1 N–H and O–H groups in total. The molecule has 2 saturated heterocycles. The molecule has 29 heavy (non-hydrogen) atoms. The molecule has 0 atom stereocenters. The van der Waals surface area contributed by atoms with E-state index in [1.165, 1.54) is 5.56 Å². The first-order valence-electron chi connectivity index (χ1n) is 10.1. The third kappa shape index (κ3) is 4.76. The second-order valence-electron chi connectivity index (χ2n) is 7.54. The predicted octanol–water partition coefficient (Wildman–Crippen LogP) is 2.28. The Labute approximate surface area is 171 Å². The molecule has 0 bridgehead atoms. The van der Waals surface area contributed by atoms with Crippen molar-refractivity contribution < 1.29 is 9.53 Å². The van der Waals surface area contributed by atoms with Gasteiger partial charge in [-0.1, -0.05) is 17.7 Å². The fourth-order valence-electron chi connectivity index (χ4n) is 3.58. The second-order valence-corrected chi connectivity index (χ2v) is 7.54. The van der Waals surface area contributed by atoms with E-state index in [1.807, 2.05) is 49.1 Å². The van der Waals surface area contributed by atoms with Gasteiger partial charge in [0.2, 0.25) is 5.95 Å². The molecule has 0 unspecified atom stereocenters. The molecule has 0 radical (unpaired) electrons. The van der Waals surface area contributed by atoms with E-state index in [2.05, 4.69) is 20.1 Å². The van der Waals surface area contributed by atoms with Crippen LogP contribution in [0.3, 0.4) is 0 Å². The van der Waals surface area contributed by atoms with Gasteiger partial charge in [-0.15, -0.1) is 0 Å². The summed E-state index contributed by atoms with van der Waals surface area (Å²) < 4.78 is 5.43. The van der Waals surface area contributed by atoms with Crippen LogP contribution >= 0.6 is 0 Å². The highest BCUT2D eigenvalue weighted by Crippen LogP contribution is 2.20. The Balaban J connectivity index is 1.37. The molecule has 0 saturated carbocycles. The van der Waals surface area contributed by atoms with Crippen LogP contribution in [0, 0.1) is 13.8 Å². The van der Waals surface area contributed by atoms with Gasteiger partial charge in [0.05, 0.1) is 13.2 Å². The quantitative estimate of drug-likeness (QED) is 0.858. The van der Waals surface area contributed by atoms with E-state index < -0.39 is 0 Å². The summed E-state index contributed by atoms with van der Waals surface area (Å²) in [5.41, 5.74) is 2.95. The molecule has 2 aliphatic rings. The SMILES string of the molecule is Cc1ccc(NC(=O)N2CCN(c3cc(C)nc(N4CCOCC4)n3)CC2)cc1. The highest BCUT2D eigenvalue weighted by Gasteiger charge is 2.23. The maximum Gasteiger partial charge on any atom is 0.321 e. The second kappa shape index (κ2) is 8.65. The zero-order valence-electron chi connectivity index (χ0n) is 17.1. The van der Waals surface area contributed by atoms with Crippen LogP contribution in [0.4, 0.5) is 22.2 Å². The van der Waals surface area contributed by atoms with Gasteiger partial charge in [-0.3, -0.25) is 0 Å². The summed E-state index contributed by atoms with van der Waals surface area (Å²) in [4.78, 5) is 28.2. The van der Waals surface area contributed by atoms with Crippen LogP contribution in [0.5, 0.6) is 0 Å². The number of aryl methyl sites for hydroxylation is 2. The number of hydrogen-bond donors (Lipinski definition) is 1. The first kappa shape index (κ1) is 19.4. The Morgan fingerprint density at radius 3 is 2.31 bits per heavy atom. The van der Waals surface area contributed by atoms with Gasteiger partial charge in [0, 0.05) is 56.7 Å². The smallest absolute Gasteiger partial charge is 0.321 e. The lowest BCUT2D eigenvalue weighted by Crippen LogP contribution is -2.50. The number of benzene rings is 1. The van der Waals surface area contributed by atoms with E-state index in [0.717, 1.165) is 49.3 Å². The topological polar surface area (TPSA) is 73.8 Å². The fourth-order valence-corrected chi connectivity index (χ4v) is 3.58. The Morgan fingerprint density at radius 1 is 0.931 bits per heavy atom. The Hall–Kier alpha value is -2.87. The Bertz CT molecular complexity index is 843. The fraction of sp³-hybridized carbons (Fsp3) is 0.476. The van der Waals surface area contributed by atoms with E-state index in [9.17, 15) is 4.79 Å². The minimum Gasteiger partial charge on any atom is -0.378 e. The third-order valence-electron chi connectivity index (χ3n) is 5.32. The number of nitrogens with zero attached hydrogens (tertiary/aromatic N) is 5. The van der Waals surface area contributed by atoms with E-state index in [1.54, 1.807) is 0 Å². The Kier molecular flexibility index (Phi) is 5.80. The largest absolute Gasteiger partial charge is 0.378 e. The molecule has 8 heteroatoms. The van der Waals surface area contributed by atoms with Crippen molar-refractivity contribution in [3.63, 3.8) is 0 Å². The van der Waals surface area contributed by atoms with Gasteiger partial charge in [0.25, 0.3) is 0 Å². The standard InChI is InChI=1S/C21H28N6O2/c1-16-3-5-18(6-4-16)23-21(28)27-9-7-25(8-10-27)19-15-17(2)22-20(24-19)26-11-13-29-14-12-26/h3-6,15H,7-14H2,1-2H3,(H,23,28). The zero-order valence-corrected chi connectivity index (χ0v) is 17.1. The lowest BCUT2D eigenvalue weighted by Gasteiger charge is -2.36. The third-order valence-corrected chi connectivity index (χ3v) is 5.32. The average Bonchev–Trinajstić information content (AvgIpc) is 2.75. The number of rotatable bonds is 3. The number of amides is 2. The van der Waals surface area contributed by atoms with Crippen molar-refractivity contribution in [3.05, 3.63) is 41.6 Å². The maximum absolute atomic E-state index is 12.6. The van der Waals surface area contributed by atoms with Crippen molar-refractivity contribution in [2.45, 2.75) is 13.8 Å². The molecule has 0 aliphatic carbocycles. The molecule has 154 valence electrons. The normalized spacial score (nSPS) is 17.4. The average molecular weight is 396 g/mol. The number of carbonyl (C=O) groups is 1. The summed E-state index contributed by atoms with van der Waals surface area (Å²) in [6.45, 7) is 9.90. The first-order valence-corrected chi connectivity index (χ1v) is 10.1. The van der Waals surface area contributed by atoms with Crippen LogP contribution < -0.4 is 15.1 Å². The predicted molar refractivity (Wildman–Crippen MR) is 114 cm³/mol. The highest BCUT2D eigenvalue weighted by atomic mass is 16.5. The lowest BCUT2D eigenvalue weighted by molar-refractivity contribution is 0.122. The number of carbonyl (C=O) groups excluding carboxylic acids is 1. The van der Waals surface area contributed by atoms with E-state index in [4.69, 9.17) is 9.72 Å². The first-order chi connectivity index (χ1) is 14.1. The number of morpholine rings is 1. The number of piperazine rings is 1. The summed E-state index contributed by atoms with van der Waals surface area (Å²) in [6, 6.07) is 9.82. The van der Waals surface area contributed by atoms with Gasteiger partial charge in [-0.25, -0.2) is 9.78 Å². The molecular formula is C21H28N6O2. The molecule has 0 spiro atoms. The van der Waals surface area contributed by atoms with Crippen LogP contribution in [-0.2, 0) is 4.74 Å². The van der Waals surface area contributed by atoms with Gasteiger partial charge in [-0.05, 0) is 26.0 Å². The summed E-state index contributed by atoms with van der Waals surface area (Å²) in [7, 11) is 0. The van der Waals surface area contributed by atoms with Crippen molar-refractivity contribution in [2.24, 2.45) is 0 Å². The number of ether oxygens (including phenoxy) is 1. The number of nitrogens with one attached hydrogen (secondary N) is 1. The molecule has 3 heterocycles. The molecular weight excluding hydrogens is 368 g/mol. The van der Waals surface area contributed by atoms with Crippen LogP contribution in [0.1, 0.15) is 11.3 Å². The van der Waals surface area contributed by atoms with Crippen molar-refractivity contribution in [2.75, 3.05) is 67.6 Å². The molecule has 1 aromatic heterocycles. The number of aromatic nitrogens is 2. The monoisotopic (exact) mass is 396 g/mol. The minimum absolute atomic E-state index is 0.0543. The van der Waals surface area contributed by atoms with Gasteiger partial charge in [-0.2, -0.15) is 4.98 Å². The minimum atomic E-state index is -0.0543. The molecule has 2 aromatic rings. The van der Waals surface area contributed by atoms with Crippen molar-refractivity contribution >= 4 is 23.5 Å². The van der Waals surface area contributed by atoms with E-state index in [0.29, 0.717) is 26.3 Å². The van der Waals surface area contributed by atoms with Crippen LogP contribution in [0.2, 0.25) is 0 Å². The zero-order chi connectivity index (χ0) is 20.2. The number of urea groups is 1. The van der Waals surface area contributed by atoms with Gasteiger partial charge < -0.3 is 24.8 Å². The summed E-state index contributed by atoms with van der Waals surface area (Å²) >= 11 is 0. The van der Waals surface area contributed by atoms with E-state index >= 15 is 0 Å². The van der Waals surface area contributed by atoms with Crippen LogP contribution in [-0.4, -0.2) is 73.4 Å². The molecule has 2 fully saturated rings. The molecule has 2 amide bonds. The number of hydrogen-bond acceptors (Lipinski definition) is 6. The van der Waals surface area contributed by atoms with Gasteiger partial charge in [0.15, 0.2) is 0 Å². The maximum atomic E-state index is 12.6. The summed E-state index contributed by atoms with van der Waals surface area (Å²) in [6.07, 6.45) is 0. The van der Waals surface area contributed by atoms with E-state index in [-0.39, 0.29) is 6.03 Å². The summed E-state index contributed by atoms with van der Waals surface area (Å²) in [5.74, 6) is 1.69. The molecule has 2 aliphatic heterocycles. The van der Waals surface area contributed by atoms with Crippen molar-refractivity contribution in [1.82, 2.24) is 14.9 Å². The Morgan fingerprint density at radius 2 is 1.62 bits per heavy atom. The summed E-state index contributed by atoms with van der Waals surface area (Å²) in [5, 5.41) is 2.98. The number of anilines is 3. The molecule has 4 rings (SSSR count). The van der Waals surface area contributed by atoms with Crippen LogP contribution in [0.25, 0.3) is 0 Å². The highest BCUT2D eigenvalue weighted by molar-refractivity contribution is 5.89. The molecule has 1 aromatic carbocycles. The van der Waals surface area contributed by atoms with Crippen molar-refractivity contribution in [3.8, 4) is 0 Å². The molecule has 8 nitrogen and oxygen atoms in total. The van der Waals surface area contributed by atoms with Crippen LogP contribution in [0.15, 0.2) is 30.3 Å². The van der Waals surface area contributed by atoms with Crippen molar-refractivity contribution in [1.29, 1.82) is 0 Å². The van der Waals surface area contributed by atoms with Gasteiger partial charge >= 0.3 is 6.03 Å². The van der Waals surface area contributed by atoms with Gasteiger partial charge in [0.1, 0.15) is 5.82 Å².